The van der Waals surface area contributed by atoms with Gasteiger partial charge in [-0.3, -0.25) is 10.0 Å². The number of carbonyl (C=O) groups is 2. The van der Waals surface area contributed by atoms with Gasteiger partial charge in [-0.1, -0.05) is 0 Å². The zero-order chi connectivity index (χ0) is 14.1. The number of aliphatic carboxylic acids is 1. The molecule has 0 saturated heterocycles. The second-order valence-corrected chi connectivity index (χ2v) is 5.68. The zero-order valence-corrected chi connectivity index (χ0v) is 12.2. The summed E-state index contributed by atoms with van der Waals surface area (Å²) in [6.45, 7) is 0. The van der Waals surface area contributed by atoms with Crippen LogP contribution >= 0.6 is 23.5 Å². The lowest BCUT2D eigenvalue weighted by molar-refractivity contribution is -0.187. The normalized spacial score (nSPS) is 14.0. The minimum Gasteiger partial charge on any atom is -0.480 e. The lowest BCUT2D eigenvalue weighted by Crippen LogP contribution is -2.50. The van der Waals surface area contributed by atoms with Crippen molar-refractivity contribution in [1.29, 1.82) is 0 Å². The first-order valence-corrected chi connectivity index (χ1v) is 8.22. The molecule has 0 rings (SSSR count). The van der Waals surface area contributed by atoms with Gasteiger partial charge >= 0.3 is 5.97 Å². The van der Waals surface area contributed by atoms with Gasteiger partial charge in [0.15, 0.2) is 6.04 Å². The molecule has 0 aliphatic carbocycles. The summed E-state index contributed by atoms with van der Waals surface area (Å²) in [4.78, 5) is 22.7. The first kappa shape index (κ1) is 17.6. The van der Waals surface area contributed by atoms with Crippen LogP contribution in [0.25, 0.3) is 0 Å². The van der Waals surface area contributed by atoms with Crippen LogP contribution in [-0.4, -0.2) is 63.4 Å². The number of carboxylic acids is 1. The molecule has 0 saturated carbocycles. The van der Waals surface area contributed by atoms with Crippen LogP contribution in [0.4, 0.5) is 0 Å². The van der Waals surface area contributed by atoms with E-state index in [4.69, 9.17) is 10.8 Å². The maximum atomic E-state index is 11.7. The molecule has 2 atom stereocenters. The highest BCUT2D eigenvalue weighted by Crippen LogP contribution is 2.10. The van der Waals surface area contributed by atoms with Crippen molar-refractivity contribution in [2.24, 2.45) is 5.73 Å². The van der Waals surface area contributed by atoms with Crippen LogP contribution < -0.4 is 5.73 Å². The second kappa shape index (κ2) is 9.48. The van der Waals surface area contributed by atoms with Crippen molar-refractivity contribution in [3.63, 3.8) is 0 Å². The highest BCUT2D eigenvalue weighted by Gasteiger charge is 2.31. The molecule has 0 aromatic carbocycles. The fourth-order valence-electron chi connectivity index (χ4n) is 1.27. The van der Waals surface area contributed by atoms with Crippen LogP contribution in [0.1, 0.15) is 12.8 Å². The number of hydrogen-bond acceptors (Lipinski definition) is 6. The van der Waals surface area contributed by atoms with Gasteiger partial charge in [0.25, 0.3) is 5.91 Å². The summed E-state index contributed by atoms with van der Waals surface area (Å²) in [6, 6.07) is -2.09. The third-order valence-electron chi connectivity index (χ3n) is 2.35. The van der Waals surface area contributed by atoms with Gasteiger partial charge in [-0.05, 0) is 36.9 Å². The van der Waals surface area contributed by atoms with Gasteiger partial charge in [0, 0.05) is 0 Å². The maximum Gasteiger partial charge on any atom is 0.329 e. The number of carbonyl (C=O) groups excluding carboxylic acids is 1. The predicted octanol–water partition coefficient (Wildman–Crippen LogP) is 0.491. The Morgan fingerprint density at radius 3 is 2.17 bits per heavy atom. The van der Waals surface area contributed by atoms with E-state index in [0.717, 1.165) is 0 Å². The van der Waals surface area contributed by atoms with Gasteiger partial charge in [-0.25, -0.2) is 9.86 Å². The monoisotopic (exact) mass is 296 g/mol. The number of carboxylic acid groups (broad SMARTS) is 1. The highest BCUT2D eigenvalue weighted by molar-refractivity contribution is 7.98. The van der Waals surface area contributed by atoms with Crippen molar-refractivity contribution in [2.45, 2.75) is 24.9 Å². The van der Waals surface area contributed by atoms with E-state index in [9.17, 15) is 14.8 Å². The van der Waals surface area contributed by atoms with Crippen molar-refractivity contribution >= 4 is 35.4 Å². The number of nitrogens with zero attached hydrogens (tertiary/aromatic N) is 1. The topological polar surface area (TPSA) is 104 Å². The Morgan fingerprint density at radius 2 is 1.72 bits per heavy atom. The average Bonchev–Trinajstić information content (AvgIpc) is 2.34. The van der Waals surface area contributed by atoms with Crippen LogP contribution in [0, 0.1) is 0 Å². The quantitative estimate of drug-likeness (QED) is 0.420. The molecule has 0 radical (unpaired) electrons. The lowest BCUT2D eigenvalue weighted by Gasteiger charge is -2.24. The number of thioether (sulfide) groups is 2. The summed E-state index contributed by atoms with van der Waals surface area (Å²) in [7, 11) is 0. The fraction of sp³-hybridized carbons (Fsp3) is 0.800. The van der Waals surface area contributed by atoms with Crippen LogP contribution in [0.3, 0.4) is 0 Å². The number of nitrogens with two attached hydrogens (primary N) is 1. The van der Waals surface area contributed by atoms with Crippen LogP contribution in [0.5, 0.6) is 0 Å². The molecule has 2 unspecified atom stereocenters. The Hall–Kier alpha value is -0.440. The summed E-state index contributed by atoms with van der Waals surface area (Å²) < 4.78 is 0. The molecule has 1 amide bonds. The molecule has 8 heteroatoms. The fourth-order valence-corrected chi connectivity index (χ4v) is 2.22. The maximum absolute atomic E-state index is 11.7. The molecule has 0 aromatic heterocycles. The van der Waals surface area contributed by atoms with E-state index in [-0.39, 0.29) is 11.5 Å². The van der Waals surface area contributed by atoms with Gasteiger partial charge in [-0.2, -0.15) is 23.5 Å². The zero-order valence-electron chi connectivity index (χ0n) is 10.5. The molecule has 0 spiro atoms. The summed E-state index contributed by atoms with van der Waals surface area (Å²) in [5.41, 5.74) is 5.61. The molecule has 0 aliphatic heterocycles. The van der Waals surface area contributed by atoms with E-state index < -0.39 is 24.0 Å². The minimum atomic E-state index is -1.23. The van der Waals surface area contributed by atoms with Gasteiger partial charge in [0.2, 0.25) is 0 Å². The van der Waals surface area contributed by atoms with Gasteiger partial charge in [0.1, 0.15) is 0 Å². The molecular weight excluding hydrogens is 276 g/mol. The SMILES string of the molecule is CSCCC(N)C(=O)N(O)C(CCSC)C(=O)O. The lowest BCUT2D eigenvalue weighted by atomic mass is 10.1. The first-order valence-electron chi connectivity index (χ1n) is 5.43. The van der Waals surface area contributed by atoms with E-state index in [1.807, 2.05) is 12.5 Å². The molecular formula is C10H20N2O4S2. The van der Waals surface area contributed by atoms with Crippen LogP contribution in [0.2, 0.25) is 0 Å². The second-order valence-electron chi connectivity index (χ2n) is 3.71. The molecule has 6 nitrogen and oxygen atoms in total. The van der Waals surface area contributed by atoms with Crippen molar-refractivity contribution in [2.75, 3.05) is 24.0 Å². The van der Waals surface area contributed by atoms with Gasteiger partial charge < -0.3 is 10.8 Å². The van der Waals surface area contributed by atoms with Crippen LogP contribution in [-0.2, 0) is 9.59 Å². The minimum absolute atomic E-state index is 0.188. The number of amides is 1. The van der Waals surface area contributed by atoms with Crippen molar-refractivity contribution < 1.29 is 19.9 Å². The van der Waals surface area contributed by atoms with E-state index in [1.165, 1.54) is 23.5 Å². The molecule has 0 aromatic rings. The number of hydrogen-bond donors (Lipinski definition) is 3. The van der Waals surface area contributed by atoms with E-state index in [1.54, 1.807) is 0 Å². The highest BCUT2D eigenvalue weighted by atomic mass is 32.2. The largest absolute Gasteiger partial charge is 0.480 e. The summed E-state index contributed by atoms with van der Waals surface area (Å²) >= 11 is 2.99. The summed E-state index contributed by atoms with van der Waals surface area (Å²) in [5.74, 6) is -0.737. The molecule has 106 valence electrons. The Morgan fingerprint density at radius 1 is 1.22 bits per heavy atom. The van der Waals surface area contributed by atoms with Crippen molar-refractivity contribution in [3.05, 3.63) is 0 Å². The summed E-state index contributed by atoms with van der Waals surface area (Å²) in [6.07, 6.45) is 4.30. The predicted molar refractivity (Wildman–Crippen MR) is 74.0 cm³/mol. The van der Waals surface area contributed by atoms with Crippen molar-refractivity contribution in [3.8, 4) is 0 Å². The standard InChI is InChI=1S/C10H20N2O4S2/c1-17-5-3-7(11)9(13)12(16)8(10(14)15)4-6-18-2/h7-8,16H,3-6,11H2,1-2H3,(H,14,15). The van der Waals surface area contributed by atoms with E-state index in [0.29, 0.717) is 17.9 Å². The molecule has 18 heavy (non-hydrogen) atoms. The number of rotatable bonds is 9. The Kier molecular flexibility index (Phi) is 9.25. The number of hydroxylamine groups is 2. The van der Waals surface area contributed by atoms with E-state index in [2.05, 4.69) is 0 Å². The third-order valence-corrected chi connectivity index (χ3v) is 3.64. The molecule has 0 aliphatic rings. The van der Waals surface area contributed by atoms with E-state index >= 15 is 0 Å². The van der Waals surface area contributed by atoms with Gasteiger partial charge in [0.05, 0.1) is 6.04 Å². The molecule has 0 fully saturated rings. The Labute approximate surface area is 115 Å². The third kappa shape index (κ3) is 5.94. The first-order chi connectivity index (χ1) is 8.45. The van der Waals surface area contributed by atoms with Crippen LogP contribution in [0.15, 0.2) is 0 Å². The van der Waals surface area contributed by atoms with Crippen molar-refractivity contribution in [1.82, 2.24) is 5.06 Å². The average molecular weight is 296 g/mol. The summed E-state index contributed by atoms with van der Waals surface area (Å²) in [5, 5.41) is 18.9. The van der Waals surface area contributed by atoms with Gasteiger partial charge in [-0.15, -0.1) is 0 Å². The Bertz CT molecular complexity index is 279. The molecule has 4 N–H and O–H groups in total. The Balaban J connectivity index is 4.49. The smallest absolute Gasteiger partial charge is 0.329 e. The molecule has 0 heterocycles. The molecule has 0 bridgehead atoms.